The molecule has 6 heteroatoms. The van der Waals surface area contributed by atoms with E-state index < -0.39 is 10.4 Å². The van der Waals surface area contributed by atoms with E-state index in [2.05, 4.69) is 11.1 Å². The van der Waals surface area contributed by atoms with Crippen LogP contribution in [-0.2, 0) is 14.6 Å². The zero-order valence-electron chi connectivity index (χ0n) is 28.8. The van der Waals surface area contributed by atoms with Gasteiger partial charge >= 0.3 is 51.4 Å². The maximum atomic E-state index is 10.3. The number of hydrogen-bond acceptors (Lipinski definition) is 4. The summed E-state index contributed by atoms with van der Waals surface area (Å²) in [7, 11) is -4.51. The normalized spacial score (nSPS) is 11.7. The fourth-order valence-electron chi connectivity index (χ4n) is 5.99. The molecule has 0 rings (SSSR count). The topological polar surface area (TPSA) is 66.4 Å². The van der Waals surface area contributed by atoms with Crippen LogP contribution in [0.25, 0.3) is 0 Å². The molecule has 0 atom stereocenters. The molecule has 0 unspecified atom stereocenters. The smallest absolute Gasteiger partial charge is 0.726 e. The average molecular weight is 641 g/mol. The Labute approximate surface area is 307 Å². The van der Waals surface area contributed by atoms with Gasteiger partial charge in [0.1, 0.15) is 0 Å². The van der Waals surface area contributed by atoms with Gasteiger partial charge in [0.05, 0.1) is 6.61 Å². The van der Waals surface area contributed by atoms with Crippen LogP contribution >= 0.6 is 0 Å². The summed E-state index contributed by atoms with van der Waals surface area (Å²) in [6, 6.07) is 0. The first-order valence-corrected chi connectivity index (χ1v) is 20.0. The van der Waals surface area contributed by atoms with Gasteiger partial charge in [-0.05, 0) is 6.42 Å². The van der Waals surface area contributed by atoms with Gasteiger partial charge in [0, 0.05) is 0 Å². The number of hydrogen-bond donors (Lipinski definition) is 0. The van der Waals surface area contributed by atoms with E-state index in [1.165, 1.54) is 199 Å². The van der Waals surface area contributed by atoms with Crippen LogP contribution in [0.1, 0.15) is 225 Å². The number of unbranched alkanes of at least 4 members (excludes halogenated alkanes) is 33. The van der Waals surface area contributed by atoms with E-state index in [1.807, 2.05) is 0 Å². The summed E-state index contributed by atoms with van der Waals surface area (Å²) in [5.41, 5.74) is 0. The van der Waals surface area contributed by atoms with Crippen molar-refractivity contribution >= 4 is 10.4 Å². The predicted molar refractivity (Wildman–Crippen MR) is 178 cm³/mol. The van der Waals surface area contributed by atoms with E-state index in [-0.39, 0.29) is 58.0 Å². The Balaban J connectivity index is 0. The molecular formula is C36H73KO4S. The molecule has 0 aliphatic carbocycles. The van der Waals surface area contributed by atoms with Crippen molar-refractivity contribution in [3.63, 3.8) is 0 Å². The second-order valence-corrected chi connectivity index (χ2v) is 13.9. The molecule has 0 aromatic rings. The van der Waals surface area contributed by atoms with Crippen LogP contribution in [0.5, 0.6) is 0 Å². The molecule has 0 fully saturated rings. The summed E-state index contributed by atoms with van der Waals surface area (Å²) in [6.45, 7) is 2.33. The first-order valence-electron chi connectivity index (χ1n) is 18.7. The van der Waals surface area contributed by atoms with E-state index >= 15 is 0 Å². The summed E-state index contributed by atoms with van der Waals surface area (Å²) in [5.74, 6) is 0. The Morgan fingerprint density at radius 2 is 0.524 bits per heavy atom. The van der Waals surface area contributed by atoms with Crippen LogP contribution in [0.3, 0.4) is 0 Å². The maximum Gasteiger partial charge on any atom is 1.00 e. The van der Waals surface area contributed by atoms with Gasteiger partial charge in [-0.15, -0.1) is 0 Å². The van der Waals surface area contributed by atoms with E-state index in [0.717, 1.165) is 12.8 Å². The summed E-state index contributed by atoms with van der Waals surface area (Å²) < 4.78 is 35.2. The minimum absolute atomic E-state index is 0. The van der Waals surface area contributed by atoms with Gasteiger partial charge in [-0.25, -0.2) is 8.42 Å². The van der Waals surface area contributed by atoms with Gasteiger partial charge in [-0.2, -0.15) is 0 Å². The fraction of sp³-hybridized carbons (Fsp3) is 1.00. The quantitative estimate of drug-likeness (QED) is 0.0296. The summed E-state index contributed by atoms with van der Waals surface area (Å²) in [4.78, 5) is 0. The molecule has 0 aliphatic heterocycles. The molecule has 0 radical (unpaired) electrons. The van der Waals surface area contributed by atoms with E-state index in [9.17, 15) is 13.0 Å². The van der Waals surface area contributed by atoms with Crippen LogP contribution in [0, 0.1) is 0 Å². The van der Waals surface area contributed by atoms with Crippen molar-refractivity contribution in [3.8, 4) is 0 Å². The Morgan fingerprint density at radius 1 is 0.357 bits per heavy atom. The first kappa shape index (κ1) is 45.6. The van der Waals surface area contributed by atoms with Gasteiger partial charge in [0.25, 0.3) is 0 Å². The molecule has 0 aromatic heterocycles. The van der Waals surface area contributed by atoms with Crippen molar-refractivity contribution in [1.29, 1.82) is 0 Å². The average Bonchev–Trinajstić information content (AvgIpc) is 2.94. The van der Waals surface area contributed by atoms with Crippen molar-refractivity contribution in [2.24, 2.45) is 0 Å². The predicted octanol–water partition coefficient (Wildman–Crippen LogP) is 9.75. The second kappa shape index (κ2) is 38.7. The van der Waals surface area contributed by atoms with E-state index in [4.69, 9.17) is 0 Å². The van der Waals surface area contributed by atoms with Crippen LogP contribution in [0.4, 0.5) is 0 Å². The second-order valence-electron chi connectivity index (χ2n) is 12.9. The Bertz CT molecular complexity index is 585. The van der Waals surface area contributed by atoms with Crippen molar-refractivity contribution in [2.45, 2.75) is 225 Å². The molecule has 0 heterocycles. The van der Waals surface area contributed by atoms with E-state index in [0.29, 0.717) is 6.42 Å². The largest absolute Gasteiger partial charge is 1.00 e. The van der Waals surface area contributed by atoms with Crippen LogP contribution < -0.4 is 51.4 Å². The summed E-state index contributed by atoms with van der Waals surface area (Å²) >= 11 is 0. The first-order chi connectivity index (χ1) is 20.1. The van der Waals surface area contributed by atoms with Crippen molar-refractivity contribution < 1.29 is 68.5 Å². The molecule has 0 saturated carbocycles. The third-order valence-electron chi connectivity index (χ3n) is 8.73. The van der Waals surface area contributed by atoms with Crippen molar-refractivity contribution in [2.75, 3.05) is 6.61 Å². The zero-order valence-corrected chi connectivity index (χ0v) is 32.7. The van der Waals surface area contributed by atoms with E-state index in [1.54, 1.807) is 0 Å². The van der Waals surface area contributed by atoms with Crippen molar-refractivity contribution in [1.82, 2.24) is 0 Å². The molecule has 0 N–H and O–H groups in total. The monoisotopic (exact) mass is 640 g/mol. The molecule has 0 amide bonds. The van der Waals surface area contributed by atoms with Gasteiger partial charge < -0.3 is 4.55 Å². The van der Waals surface area contributed by atoms with Crippen LogP contribution in [0.2, 0.25) is 0 Å². The standard InChI is InChI=1S/C36H74O4S.K/c1-2-3-4-5-6-7-8-9-10-11-12-13-14-15-16-17-18-19-20-21-22-23-24-25-26-27-28-29-30-31-32-33-34-35-36-40-41(37,38)39;/h2-36H2,1H3,(H,37,38,39);/q;+1/p-1. The molecule has 0 aliphatic rings. The molecule has 0 aromatic carbocycles. The van der Waals surface area contributed by atoms with Crippen molar-refractivity contribution in [3.05, 3.63) is 0 Å². The van der Waals surface area contributed by atoms with Crippen LogP contribution in [-0.4, -0.2) is 19.6 Å². The Hall–Kier alpha value is 1.51. The third-order valence-corrected chi connectivity index (χ3v) is 9.18. The SMILES string of the molecule is CCCCCCCCCCCCCCCCCCCCCCCCCCCCCCCCCCCCOS(=O)(=O)[O-].[K+]. The minimum Gasteiger partial charge on any atom is -0.726 e. The molecular weight excluding hydrogens is 568 g/mol. The molecule has 0 saturated heterocycles. The molecule has 0 spiro atoms. The molecule has 42 heavy (non-hydrogen) atoms. The summed E-state index contributed by atoms with van der Waals surface area (Å²) in [6.07, 6.45) is 46.9. The molecule has 4 nitrogen and oxygen atoms in total. The fourth-order valence-corrected chi connectivity index (χ4v) is 6.32. The Morgan fingerprint density at radius 3 is 0.690 bits per heavy atom. The van der Waals surface area contributed by atoms with Gasteiger partial charge in [-0.3, -0.25) is 4.18 Å². The maximum absolute atomic E-state index is 10.3. The molecule has 0 bridgehead atoms. The summed E-state index contributed by atoms with van der Waals surface area (Å²) in [5, 5.41) is 0. The van der Waals surface area contributed by atoms with Crippen LogP contribution in [0.15, 0.2) is 0 Å². The van der Waals surface area contributed by atoms with Gasteiger partial charge in [0.2, 0.25) is 10.4 Å². The zero-order chi connectivity index (χ0) is 30.0. The number of rotatable bonds is 36. The molecule has 248 valence electrons. The van der Waals surface area contributed by atoms with Gasteiger partial charge in [-0.1, -0.05) is 219 Å². The van der Waals surface area contributed by atoms with Gasteiger partial charge in [0.15, 0.2) is 0 Å². The third kappa shape index (κ3) is 43.6. The Kier molecular flexibility index (Phi) is 42.0. The minimum atomic E-state index is -4.51.